The Bertz CT molecular complexity index is 938. The summed E-state index contributed by atoms with van der Waals surface area (Å²) in [7, 11) is 0. The predicted molar refractivity (Wildman–Crippen MR) is 101 cm³/mol. The van der Waals surface area contributed by atoms with Crippen LogP contribution in [0.2, 0.25) is 0 Å². The van der Waals surface area contributed by atoms with Crippen LogP contribution in [0.15, 0.2) is 42.5 Å². The molecule has 4 rings (SSSR count). The molecule has 0 saturated carbocycles. The van der Waals surface area contributed by atoms with Crippen LogP contribution < -0.4 is 10.6 Å². The lowest BCUT2D eigenvalue weighted by Crippen LogP contribution is -2.40. The highest BCUT2D eigenvalue weighted by molar-refractivity contribution is 6.00. The summed E-state index contributed by atoms with van der Waals surface area (Å²) in [4.78, 5) is 38.3. The van der Waals surface area contributed by atoms with Crippen LogP contribution in [0, 0.1) is 0 Å². The van der Waals surface area contributed by atoms with Crippen molar-refractivity contribution >= 4 is 23.4 Å². The molecule has 2 aliphatic rings. The molecule has 2 N–H and O–H groups in total. The summed E-state index contributed by atoms with van der Waals surface area (Å²) in [6.07, 6.45) is 0.980. The van der Waals surface area contributed by atoms with E-state index in [-0.39, 0.29) is 30.2 Å². The molecule has 2 aliphatic heterocycles. The molecule has 2 aromatic rings. The lowest BCUT2D eigenvalue weighted by atomic mass is 9.90. The summed E-state index contributed by atoms with van der Waals surface area (Å²) in [5.74, 6) is -0.331. The van der Waals surface area contributed by atoms with Crippen LogP contribution in [0.25, 0.3) is 0 Å². The number of fused-ring (bicyclic) bond motifs is 2. The number of amides is 3. The van der Waals surface area contributed by atoms with Crippen molar-refractivity contribution in [2.45, 2.75) is 32.4 Å². The van der Waals surface area contributed by atoms with Crippen molar-refractivity contribution in [2.75, 3.05) is 11.9 Å². The van der Waals surface area contributed by atoms with Crippen molar-refractivity contribution < 1.29 is 14.4 Å². The maximum atomic E-state index is 12.7. The third-order valence-corrected chi connectivity index (χ3v) is 5.27. The molecule has 6 nitrogen and oxygen atoms in total. The maximum Gasteiger partial charge on any atom is 0.251 e. The molecule has 0 saturated heterocycles. The fraction of sp³-hybridized carbons (Fsp3) is 0.286. The van der Waals surface area contributed by atoms with Gasteiger partial charge in [0, 0.05) is 31.3 Å². The van der Waals surface area contributed by atoms with Gasteiger partial charge in [-0.1, -0.05) is 30.3 Å². The van der Waals surface area contributed by atoms with Gasteiger partial charge in [0.05, 0.1) is 12.5 Å². The number of carbonyl (C=O) groups excluding carboxylic acids is 3. The van der Waals surface area contributed by atoms with Crippen molar-refractivity contribution in [2.24, 2.45) is 0 Å². The Morgan fingerprint density at radius 3 is 2.81 bits per heavy atom. The molecule has 2 heterocycles. The highest BCUT2D eigenvalue weighted by atomic mass is 16.2. The molecular formula is C21H21N3O3. The van der Waals surface area contributed by atoms with Gasteiger partial charge in [-0.2, -0.15) is 0 Å². The van der Waals surface area contributed by atoms with Crippen molar-refractivity contribution in [3.63, 3.8) is 0 Å². The number of benzene rings is 2. The van der Waals surface area contributed by atoms with Crippen LogP contribution in [0.1, 0.15) is 46.4 Å². The molecule has 0 aliphatic carbocycles. The molecule has 0 fully saturated rings. The van der Waals surface area contributed by atoms with Crippen molar-refractivity contribution in [1.29, 1.82) is 0 Å². The van der Waals surface area contributed by atoms with Gasteiger partial charge in [0.25, 0.3) is 5.91 Å². The zero-order valence-corrected chi connectivity index (χ0v) is 15.1. The zero-order chi connectivity index (χ0) is 19.0. The van der Waals surface area contributed by atoms with Crippen LogP contribution >= 0.6 is 0 Å². The average Bonchev–Trinajstić information content (AvgIpc) is 3.02. The van der Waals surface area contributed by atoms with Crippen LogP contribution in [-0.4, -0.2) is 29.2 Å². The number of anilines is 1. The third-order valence-electron chi connectivity index (χ3n) is 5.27. The smallest absolute Gasteiger partial charge is 0.251 e. The zero-order valence-electron chi connectivity index (χ0n) is 15.1. The van der Waals surface area contributed by atoms with Crippen LogP contribution in [0.3, 0.4) is 0 Å². The second kappa shape index (κ2) is 6.87. The topological polar surface area (TPSA) is 78.5 Å². The molecule has 6 heteroatoms. The van der Waals surface area contributed by atoms with Crippen LogP contribution in [0.5, 0.6) is 0 Å². The van der Waals surface area contributed by atoms with Crippen molar-refractivity contribution in [1.82, 2.24) is 10.2 Å². The minimum Gasteiger partial charge on any atom is -0.348 e. The van der Waals surface area contributed by atoms with E-state index in [0.29, 0.717) is 24.3 Å². The number of hydrogen-bond donors (Lipinski definition) is 2. The minimum atomic E-state index is -0.273. The lowest BCUT2D eigenvalue weighted by Gasteiger charge is -2.36. The Hall–Kier alpha value is -3.15. The first-order valence-corrected chi connectivity index (χ1v) is 9.09. The lowest BCUT2D eigenvalue weighted by molar-refractivity contribution is -0.132. The maximum absolute atomic E-state index is 12.7. The summed E-state index contributed by atoms with van der Waals surface area (Å²) >= 11 is 0. The molecular weight excluding hydrogens is 342 g/mol. The number of hydrogen-bond acceptors (Lipinski definition) is 3. The van der Waals surface area contributed by atoms with Crippen molar-refractivity contribution in [3.8, 4) is 0 Å². The summed E-state index contributed by atoms with van der Waals surface area (Å²) < 4.78 is 0. The van der Waals surface area contributed by atoms with Gasteiger partial charge in [-0.25, -0.2) is 0 Å². The van der Waals surface area contributed by atoms with E-state index in [9.17, 15) is 14.4 Å². The third kappa shape index (κ3) is 3.30. The Kier molecular flexibility index (Phi) is 4.39. The van der Waals surface area contributed by atoms with E-state index in [0.717, 1.165) is 17.5 Å². The number of rotatable bonds is 3. The summed E-state index contributed by atoms with van der Waals surface area (Å²) in [5.41, 5.74) is 4.34. The quantitative estimate of drug-likeness (QED) is 0.879. The largest absolute Gasteiger partial charge is 0.348 e. The van der Waals surface area contributed by atoms with E-state index in [4.69, 9.17) is 0 Å². The molecule has 0 spiro atoms. The second-order valence-electron chi connectivity index (χ2n) is 6.98. The summed E-state index contributed by atoms with van der Waals surface area (Å²) in [6.45, 7) is 2.68. The van der Waals surface area contributed by atoms with E-state index >= 15 is 0 Å². The first-order valence-electron chi connectivity index (χ1n) is 9.09. The fourth-order valence-corrected chi connectivity index (χ4v) is 3.93. The minimum absolute atomic E-state index is 0.0310. The number of nitrogens with zero attached hydrogens (tertiary/aromatic N) is 1. The predicted octanol–water partition coefficient (Wildman–Crippen LogP) is 2.40. The van der Waals surface area contributed by atoms with Gasteiger partial charge in [0.2, 0.25) is 11.8 Å². The highest BCUT2D eigenvalue weighted by Gasteiger charge is 2.30. The molecule has 2 aromatic carbocycles. The molecule has 27 heavy (non-hydrogen) atoms. The first-order chi connectivity index (χ1) is 13.0. The van der Waals surface area contributed by atoms with E-state index in [1.54, 1.807) is 17.0 Å². The van der Waals surface area contributed by atoms with Gasteiger partial charge >= 0.3 is 0 Å². The van der Waals surface area contributed by atoms with Gasteiger partial charge < -0.3 is 15.5 Å². The summed E-state index contributed by atoms with van der Waals surface area (Å²) in [5, 5.41) is 5.64. The van der Waals surface area contributed by atoms with E-state index < -0.39 is 0 Å². The molecule has 1 atom stereocenters. The molecule has 3 amide bonds. The molecule has 0 aromatic heterocycles. The van der Waals surface area contributed by atoms with Crippen LogP contribution in [0.4, 0.5) is 5.69 Å². The van der Waals surface area contributed by atoms with E-state index in [2.05, 4.69) is 16.7 Å². The highest BCUT2D eigenvalue weighted by Crippen LogP contribution is 2.32. The number of carbonyl (C=O) groups is 3. The van der Waals surface area contributed by atoms with E-state index in [1.165, 1.54) is 12.5 Å². The van der Waals surface area contributed by atoms with Crippen molar-refractivity contribution in [3.05, 3.63) is 64.7 Å². The van der Waals surface area contributed by atoms with Gasteiger partial charge in [-0.15, -0.1) is 0 Å². The summed E-state index contributed by atoms with van der Waals surface area (Å²) in [6, 6.07) is 13.0. The Labute approximate surface area is 157 Å². The van der Waals surface area contributed by atoms with Gasteiger partial charge in [-0.05, 0) is 35.2 Å². The average molecular weight is 363 g/mol. The normalized spacial score (nSPS) is 17.7. The van der Waals surface area contributed by atoms with E-state index in [1.807, 2.05) is 24.3 Å². The first kappa shape index (κ1) is 17.3. The molecule has 138 valence electrons. The fourth-order valence-electron chi connectivity index (χ4n) is 3.93. The number of nitrogens with one attached hydrogen (secondary N) is 2. The molecule has 0 radical (unpaired) electrons. The Morgan fingerprint density at radius 2 is 2.00 bits per heavy atom. The monoisotopic (exact) mass is 363 g/mol. The Morgan fingerprint density at radius 1 is 1.19 bits per heavy atom. The van der Waals surface area contributed by atoms with Gasteiger partial charge in [0.15, 0.2) is 0 Å². The molecule has 1 unspecified atom stereocenters. The molecule has 0 bridgehead atoms. The van der Waals surface area contributed by atoms with Gasteiger partial charge in [0.1, 0.15) is 0 Å². The van der Waals surface area contributed by atoms with Crippen LogP contribution in [-0.2, 0) is 22.6 Å². The standard InChI is InChI=1S/C21H21N3O3/c1-13(25)24-9-8-14-4-2-3-5-17(14)19(24)11-20(26)23-16-7-6-15-12-22-21(27)18(15)10-16/h2-7,10,19H,8-9,11-12H2,1H3,(H,22,27)(H,23,26). The Balaban J connectivity index is 1.54. The second-order valence-corrected chi connectivity index (χ2v) is 6.98. The SMILES string of the molecule is CC(=O)N1CCc2ccccc2C1CC(=O)Nc1ccc2c(c1)C(=O)NC2. The van der Waals surface area contributed by atoms with Gasteiger partial charge in [-0.3, -0.25) is 14.4 Å².